The first kappa shape index (κ1) is 6.90. The molecule has 3 nitrogen and oxygen atoms in total. The molecule has 4 heteroatoms. The Morgan fingerprint density at radius 3 is 2.57 bits per heavy atom. The van der Waals surface area contributed by atoms with Crippen molar-refractivity contribution in [2.45, 2.75) is 0 Å². The van der Waals surface area contributed by atoms with Crippen molar-refractivity contribution in [3.63, 3.8) is 0 Å². The summed E-state index contributed by atoms with van der Waals surface area (Å²) < 4.78 is 2.42. The van der Waals surface area contributed by atoms with Crippen molar-refractivity contribution < 1.29 is 4.79 Å². The Morgan fingerprint density at radius 2 is 2.43 bits per heavy atom. The van der Waals surface area contributed by atoms with Crippen LogP contribution in [0.4, 0.5) is 0 Å². The van der Waals surface area contributed by atoms with Gasteiger partial charge in [0.15, 0.2) is 0 Å². The van der Waals surface area contributed by atoms with Crippen molar-refractivity contribution in [3.8, 4) is 0 Å². The second-order valence-corrected chi connectivity index (χ2v) is 1.33. The average molecular weight is 212 g/mol. The third-order valence-electron chi connectivity index (χ3n) is 0.356. The molecule has 0 aromatic carbocycles. The molecule has 0 radical (unpaired) electrons. The molecule has 0 aromatic heterocycles. The summed E-state index contributed by atoms with van der Waals surface area (Å²) in [6.45, 7) is 3.22. The van der Waals surface area contributed by atoms with Crippen LogP contribution in [0.5, 0.6) is 0 Å². The van der Waals surface area contributed by atoms with Gasteiger partial charge in [-0.15, -0.1) is 0 Å². The van der Waals surface area contributed by atoms with Crippen LogP contribution in [0.3, 0.4) is 0 Å². The van der Waals surface area contributed by atoms with Gasteiger partial charge in [0.2, 0.25) is 0 Å². The summed E-state index contributed by atoms with van der Waals surface area (Å²) in [6.07, 6.45) is 1.19. The molecule has 2 N–H and O–H groups in total. The molecule has 40 valence electrons. The van der Waals surface area contributed by atoms with Gasteiger partial charge in [-0.2, -0.15) is 3.64 Å². The van der Waals surface area contributed by atoms with E-state index in [1.54, 1.807) is 22.9 Å². The second-order valence-electron chi connectivity index (χ2n) is 0.788. The fraction of sp³-hybridized carbons (Fsp3) is 0. The molecule has 0 atom stereocenters. The minimum absolute atomic E-state index is 0.227. The molecule has 0 aliphatic carbocycles. The topological polar surface area (TPSA) is 41.1 Å². The Morgan fingerprint density at radius 1 is 1.86 bits per heavy atom. The molecule has 0 rings (SSSR count). The molecule has 0 fully saturated rings. The number of hydrogen-bond acceptors (Lipinski definition) is 2. The first-order valence-electron chi connectivity index (χ1n) is 1.59. The third kappa shape index (κ3) is 3.74. The van der Waals surface area contributed by atoms with Crippen molar-refractivity contribution in [2.75, 3.05) is 0 Å². The molecular weight excluding hydrogens is 207 g/mol. The predicted octanol–water partition coefficient (Wildman–Crippen LogP) is 0.143. The first-order valence-corrected chi connectivity index (χ1v) is 2.67. The van der Waals surface area contributed by atoms with Crippen molar-refractivity contribution >= 4 is 28.8 Å². The maximum Gasteiger partial charge on any atom is 0.258 e. The molecule has 0 spiro atoms. The second kappa shape index (κ2) is 4.07. The van der Waals surface area contributed by atoms with Gasteiger partial charge in [-0.05, 0) is 6.08 Å². The fourth-order valence-corrected chi connectivity index (χ4v) is 0.363. The lowest BCUT2D eigenvalue weighted by Crippen LogP contribution is -2.27. The maximum absolute atomic E-state index is 10.1. The van der Waals surface area contributed by atoms with E-state index in [2.05, 4.69) is 15.6 Å². The van der Waals surface area contributed by atoms with Crippen LogP contribution in [0.15, 0.2) is 12.7 Å². The molecular formula is C3H5IN2O. The number of carbonyl (C=O) groups excluding carboxylic acids is 1. The van der Waals surface area contributed by atoms with Gasteiger partial charge in [0.25, 0.3) is 5.91 Å². The van der Waals surface area contributed by atoms with E-state index in [9.17, 15) is 4.79 Å². The SMILES string of the molecule is C=CC(=O)NNI. The Bertz CT molecular complexity index is 83.0. The molecule has 0 aliphatic heterocycles. The Hall–Kier alpha value is -0.100. The first-order chi connectivity index (χ1) is 3.31. The predicted molar refractivity (Wildman–Crippen MR) is 35.5 cm³/mol. The number of hydrazine groups is 1. The summed E-state index contributed by atoms with van der Waals surface area (Å²) >= 11 is 1.80. The summed E-state index contributed by atoms with van der Waals surface area (Å²) in [5.41, 5.74) is 2.27. The summed E-state index contributed by atoms with van der Waals surface area (Å²) in [4.78, 5) is 10.1. The molecule has 0 aromatic rings. The lowest BCUT2D eigenvalue weighted by Gasteiger charge is -1.90. The van der Waals surface area contributed by atoms with E-state index in [1.165, 1.54) is 6.08 Å². The van der Waals surface area contributed by atoms with Crippen molar-refractivity contribution in [3.05, 3.63) is 12.7 Å². The Labute approximate surface area is 55.6 Å². The monoisotopic (exact) mass is 212 g/mol. The van der Waals surface area contributed by atoms with E-state index in [1.807, 2.05) is 0 Å². The van der Waals surface area contributed by atoms with Crippen molar-refractivity contribution in [1.29, 1.82) is 0 Å². The van der Waals surface area contributed by atoms with Gasteiger partial charge < -0.3 is 0 Å². The molecule has 1 amide bonds. The normalized spacial score (nSPS) is 7.57. The van der Waals surface area contributed by atoms with Crippen LogP contribution >= 0.6 is 22.9 Å². The largest absolute Gasteiger partial charge is 0.279 e. The van der Waals surface area contributed by atoms with Crippen LogP contribution in [0, 0.1) is 0 Å². The Kier molecular flexibility index (Phi) is 4.01. The van der Waals surface area contributed by atoms with Gasteiger partial charge in [0, 0.05) is 22.9 Å². The van der Waals surface area contributed by atoms with Gasteiger partial charge in [0.1, 0.15) is 0 Å². The van der Waals surface area contributed by atoms with E-state index in [0.717, 1.165) is 0 Å². The quantitative estimate of drug-likeness (QED) is 0.296. The lowest BCUT2D eigenvalue weighted by molar-refractivity contribution is -0.116. The molecule has 0 saturated heterocycles. The number of hydrogen-bond donors (Lipinski definition) is 2. The number of rotatable bonds is 2. The van der Waals surface area contributed by atoms with Crippen LogP contribution < -0.4 is 9.06 Å². The smallest absolute Gasteiger partial charge is 0.258 e. The Balaban J connectivity index is 3.17. The highest BCUT2D eigenvalue weighted by atomic mass is 127. The van der Waals surface area contributed by atoms with Crippen LogP contribution in [-0.2, 0) is 4.79 Å². The number of amides is 1. The molecule has 0 unspecified atom stereocenters. The van der Waals surface area contributed by atoms with E-state index >= 15 is 0 Å². The molecule has 0 heterocycles. The lowest BCUT2D eigenvalue weighted by atomic mass is 10.6. The summed E-state index contributed by atoms with van der Waals surface area (Å²) in [7, 11) is 0. The highest BCUT2D eigenvalue weighted by Crippen LogP contribution is 1.63. The average Bonchev–Trinajstić information content (AvgIpc) is 1.68. The van der Waals surface area contributed by atoms with Gasteiger partial charge in [-0.25, -0.2) is 0 Å². The van der Waals surface area contributed by atoms with Crippen LogP contribution in [0.2, 0.25) is 0 Å². The van der Waals surface area contributed by atoms with E-state index in [0.29, 0.717) is 0 Å². The zero-order valence-corrected chi connectivity index (χ0v) is 5.73. The van der Waals surface area contributed by atoms with Crippen LogP contribution in [-0.4, -0.2) is 5.91 Å². The minimum Gasteiger partial charge on any atom is -0.279 e. The zero-order valence-electron chi connectivity index (χ0n) is 3.57. The highest BCUT2D eigenvalue weighted by molar-refractivity contribution is 14.1. The standard InChI is InChI=1S/C3H5IN2O/c1-2-3(7)5-6-4/h2,6H,1H2,(H,5,7). The number of nitrogens with one attached hydrogen (secondary N) is 2. The van der Waals surface area contributed by atoms with Gasteiger partial charge in [-0.3, -0.25) is 10.2 Å². The van der Waals surface area contributed by atoms with Crippen LogP contribution in [0.25, 0.3) is 0 Å². The maximum atomic E-state index is 10.1. The van der Waals surface area contributed by atoms with E-state index < -0.39 is 0 Å². The van der Waals surface area contributed by atoms with E-state index in [4.69, 9.17) is 0 Å². The van der Waals surface area contributed by atoms with Crippen LogP contribution in [0.1, 0.15) is 0 Å². The van der Waals surface area contributed by atoms with Gasteiger partial charge in [0.05, 0.1) is 0 Å². The minimum atomic E-state index is -0.227. The molecule has 0 bridgehead atoms. The summed E-state index contributed by atoms with van der Waals surface area (Å²) in [5.74, 6) is -0.227. The molecule has 0 saturated carbocycles. The van der Waals surface area contributed by atoms with Crippen molar-refractivity contribution in [2.24, 2.45) is 0 Å². The number of carbonyl (C=O) groups is 1. The summed E-state index contributed by atoms with van der Waals surface area (Å²) in [5, 5.41) is 0. The van der Waals surface area contributed by atoms with E-state index in [-0.39, 0.29) is 5.91 Å². The van der Waals surface area contributed by atoms with Gasteiger partial charge >= 0.3 is 0 Å². The molecule has 0 aliphatic rings. The van der Waals surface area contributed by atoms with Crippen molar-refractivity contribution in [1.82, 2.24) is 9.06 Å². The fourth-order valence-electron chi connectivity index (χ4n) is 0.0976. The third-order valence-corrected chi connectivity index (χ3v) is 0.626. The van der Waals surface area contributed by atoms with Gasteiger partial charge in [-0.1, -0.05) is 6.58 Å². The summed E-state index contributed by atoms with van der Waals surface area (Å²) in [6, 6.07) is 0. The molecule has 7 heavy (non-hydrogen) atoms. The zero-order chi connectivity index (χ0) is 5.70. The number of halogens is 1. The highest BCUT2D eigenvalue weighted by Gasteiger charge is 1.84.